The lowest BCUT2D eigenvalue weighted by molar-refractivity contribution is -0.121. The van der Waals surface area contributed by atoms with Crippen molar-refractivity contribution < 1.29 is 14.3 Å². The van der Waals surface area contributed by atoms with Gasteiger partial charge in [0.15, 0.2) is 11.4 Å². The predicted octanol–water partition coefficient (Wildman–Crippen LogP) is 3.74. The summed E-state index contributed by atoms with van der Waals surface area (Å²) in [6.07, 6.45) is 3.52. The fourth-order valence-electron chi connectivity index (χ4n) is 3.46. The van der Waals surface area contributed by atoms with Crippen molar-refractivity contribution in [1.29, 1.82) is 0 Å². The first-order chi connectivity index (χ1) is 13.5. The van der Waals surface area contributed by atoms with E-state index in [0.717, 1.165) is 33.6 Å². The second kappa shape index (κ2) is 7.62. The molecule has 0 N–H and O–H groups in total. The van der Waals surface area contributed by atoms with Crippen molar-refractivity contribution in [3.8, 4) is 11.6 Å². The first kappa shape index (κ1) is 18.5. The maximum atomic E-state index is 12.2. The van der Waals surface area contributed by atoms with Crippen LogP contribution in [0.25, 0.3) is 11.0 Å². The van der Waals surface area contributed by atoms with E-state index in [1.54, 1.807) is 7.11 Å². The van der Waals surface area contributed by atoms with Gasteiger partial charge in [-0.3, -0.25) is 9.48 Å². The third-order valence-corrected chi connectivity index (χ3v) is 5.19. The quantitative estimate of drug-likeness (QED) is 0.596. The van der Waals surface area contributed by atoms with Crippen molar-refractivity contribution in [2.45, 2.75) is 38.5 Å². The summed E-state index contributed by atoms with van der Waals surface area (Å²) in [5.74, 6) is 1.91. The molecule has 0 unspecified atom stereocenters. The summed E-state index contributed by atoms with van der Waals surface area (Å²) >= 11 is 0. The van der Waals surface area contributed by atoms with Crippen molar-refractivity contribution in [1.82, 2.24) is 14.8 Å². The number of methoxy groups -OCH3 is 1. The number of benzene rings is 1. The largest absolute Gasteiger partial charge is 0.497 e. The zero-order chi connectivity index (χ0) is 19.7. The van der Waals surface area contributed by atoms with Crippen molar-refractivity contribution in [3.05, 3.63) is 47.2 Å². The zero-order valence-electron chi connectivity index (χ0n) is 16.6. The van der Waals surface area contributed by atoms with Crippen LogP contribution in [0.1, 0.15) is 42.0 Å². The molecule has 3 aromatic rings. The van der Waals surface area contributed by atoms with E-state index in [4.69, 9.17) is 9.47 Å². The average Bonchev–Trinajstić information content (AvgIpc) is 3.49. The van der Waals surface area contributed by atoms with Gasteiger partial charge in [-0.2, -0.15) is 10.1 Å². The highest BCUT2D eigenvalue weighted by atomic mass is 16.5. The van der Waals surface area contributed by atoms with Crippen LogP contribution in [0, 0.1) is 6.92 Å². The van der Waals surface area contributed by atoms with E-state index in [1.807, 2.05) is 42.1 Å². The molecular formula is C22H25N3O3. The molecule has 0 spiro atoms. The average molecular weight is 379 g/mol. The number of nitrogens with zero attached hydrogens (tertiary/aromatic N) is 3. The Balaban J connectivity index is 1.38. The minimum Gasteiger partial charge on any atom is -0.497 e. The van der Waals surface area contributed by atoms with E-state index in [2.05, 4.69) is 17.0 Å². The van der Waals surface area contributed by atoms with Crippen molar-refractivity contribution in [3.63, 3.8) is 0 Å². The lowest BCUT2D eigenvalue weighted by Crippen LogP contribution is -2.13. The van der Waals surface area contributed by atoms with Crippen LogP contribution in [0.3, 0.4) is 0 Å². The van der Waals surface area contributed by atoms with Gasteiger partial charge in [-0.15, -0.1) is 0 Å². The molecule has 6 heteroatoms. The third-order valence-electron chi connectivity index (χ3n) is 5.19. The molecule has 1 fully saturated rings. The van der Waals surface area contributed by atoms with Gasteiger partial charge in [0, 0.05) is 30.8 Å². The van der Waals surface area contributed by atoms with Crippen molar-refractivity contribution >= 4 is 16.8 Å². The Hall–Kier alpha value is -2.89. The monoisotopic (exact) mass is 379 g/mol. The van der Waals surface area contributed by atoms with Crippen LogP contribution in [0.15, 0.2) is 30.3 Å². The number of ether oxygens (including phenoxy) is 2. The molecule has 146 valence electrons. The number of hydrogen-bond donors (Lipinski definition) is 0. The summed E-state index contributed by atoms with van der Waals surface area (Å²) in [6.45, 7) is 2.08. The molecule has 1 aliphatic carbocycles. The van der Waals surface area contributed by atoms with E-state index in [9.17, 15) is 4.79 Å². The van der Waals surface area contributed by atoms with Crippen molar-refractivity contribution in [2.75, 3.05) is 13.7 Å². The maximum absolute atomic E-state index is 12.2. The van der Waals surface area contributed by atoms with Gasteiger partial charge in [0.1, 0.15) is 12.4 Å². The number of aryl methyl sites for hydroxylation is 3. The van der Waals surface area contributed by atoms with Gasteiger partial charge in [0.2, 0.25) is 5.88 Å². The summed E-state index contributed by atoms with van der Waals surface area (Å²) in [7, 11) is 3.55. The number of aromatic nitrogens is 3. The Labute approximate surface area is 164 Å². The minimum absolute atomic E-state index is 0.0292. The number of Topliss-reactive ketones (excluding diaryl/α,β-unsaturated/α-hetero) is 1. The minimum atomic E-state index is 0.0292. The molecule has 1 saturated carbocycles. The molecule has 28 heavy (non-hydrogen) atoms. The lowest BCUT2D eigenvalue weighted by Gasteiger charge is -2.07. The number of ketones is 1. The van der Waals surface area contributed by atoms with E-state index >= 15 is 0 Å². The Morgan fingerprint density at radius 3 is 2.68 bits per heavy atom. The Kier molecular flexibility index (Phi) is 5.03. The van der Waals surface area contributed by atoms with Gasteiger partial charge in [0.25, 0.3) is 0 Å². The van der Waals surface area contributed by atoms with Crippen LogP contribution in [0.2, 0.25) is 0 Å². The van der Waals surface area contributed by atoms with Crippen LogP contribution in [-0.4, -0.2) is 34.3 Å². The predicted molar refractivity (Wildman–Crippen MR) is 107 cm³/mol. The smallest absolute Gasteiger partial charge is 0.215 e. The number of rotatable bonds is 8. The third kappa shape index (κ3) is 3.86. The number of carbonyl (C=O) groups excluding carboxylic acids is 1. The summed E-state index contributed by atoms with van der Waals surface area (Å²) in [6, 6.07) is 9.67. The SMILES string of the molecule is COc1ccc(CCC(=O)COc2cc(C)c3c(C4CC4)nn(C)c3n2)cc1. The molecule has 0 bridgehead atoms. The van der Waals surface area contributed by atoms with Gasteiger partial charge in [-0.25, -0.2) is 0 Å². The van der Waals surface area contributed by atoms with E-state index in [-0.39, 0.29) is 12.4 Å². The standard InChI is InChI=1S/C22H25N3O3/c1-14-12-19(23-22-20(14)21(16-7-8-16)24-25(22)2)28-13-17(26)9-4-15-5-10-18(27-3)11-6-15/h5-6,10-12,16H,4,7-9,13H2,1-3H3. The Morgan fingerprint density at radius 1 is 1.25 bits per heavy atom. The molecule has 2 heterocycles. The molecule has 0 amide bonds. The zero-order valence-corrected chi connectivity index (χ0v) is 16.6. The van der Waals surface area contributed by atoms with Crippen LogP contribution < -0.4 is 9.47 Å². The molecule has 0 radical (unpaired) electrons. The van der Waals surface area contributed by atoms with Crippen LogP contribution in [0.4, 0.5) is 0 Å². The van der Waals surface area contributed by atoms with E-state index < -0.39 is 0 Å². The van der Waals surface area contributed by atoms with Gasteiger partial charge in [0.05, 0.1) is 12.8 Å². The molecule has 0 atom stereocenters. The van der Waals surface area contributed by atoms with Crippen molar-refractivity contribution in [2.24, 2.45) is 7.05 Å². The van der Waals surface area contributed by atoms with Gasteiger partial charge in [-0.05, 0) is 49.4 Å². The molecular weight excluding hydrogens is 354 g/mol. The fourth-order valence-corrected chi connectivity index (χ4v) is 3.46. The highest BCUT2D eigenvalue weighted by Gasteiger charge is 2.30. The number of pyridine rings is 1. The van der Waals surface area contributed by atoms with Crippen LogP contribution in [0.5, 0.6) is 11.6 Å². The van der Waals surface area contributed by atoms with E-state index in [1.165, 1.54) is 12.8 Å². The second-order valence-electron chi connectivity index (χ2n) is 7.43. The maximum Gasteiger partial charge on any atom is 0.215 e. The molecule has 0 aliphatic heterocycles. The van der Waals surface area contributed by atoms with Crippen LogP contribution >= 0.6 is 0 Å². The Bertz CT molecular complexity index is 1000. The fraction of sp³-hybridized carbons (Fsp3) is 0.409. The molecule has 4 rings (SSSR count). The van der Waals surface area contributed by atoms with E-state index in [0.29, 0.717) is 24.6 Å². The molecule has 6 nitrogen and oxygen atoms in total. The highest BCUT2D eigenvalue weighted by Crippen LogP contribution is 2.43. The first-order valence-electron chi connectivity index (χ1n) is 9.67. The van der Waals surface area contributed by atoms with Gasteiger partial charge >= 0.3 is 0 Å². The number of carbonyl (C=O) groups is 1. The second-order valence-corrected chi connectivity index (χ2v) is 7.43. The Morgan fingerprint density at radius 2 is 2.00 bits per heavy atom. The van der Waals surface area contributed by atoms with Gasteiger partial charge in [-0.1, -0.05) is 12.1 Å². The number of hydrogen-bond acceptors (Lipinski definition) is 5. The summed E-state index contributed by atoms with van der Waals surface area (Å²) in [4.78, 5) is 16.8. The van der Waals surface area contributed by atoms with Crippen LogP contribution in [-0.2, 0) is 18.3 Å². The lowest BCUT2D eigenvalue weighted by atomic mass is 10.1. The molecule has 0 saturated heterocycles. The summed E-state index contributed by atoms with van der Waals surface area (Å²) < 4.78 is 12.7. The molecule has 1 aliphatic rings. The summed E-state index contributed by atoms with van der Waals surface area (Å²) in [5, 5.41) is 5.77. The number of fused-ring (bicyclic) bond motifs is 1. The molecule has 2 aromatic heterocycles. The first-order valence-corrected chi connectivity index (χ1v) is 9.67. The topological polar surface area (TPSA) is 66.2 Å². The molecule has 1 aromatic carbocycles. The summed E-state index contributed by atoms with van der Waals surface area (Å²) in [5.41, 5.74) is 4.17. The van der Waals surface area contributed by atoms with Gasteiger partial charge < -0.3 is 9.47 Å². The normalized spacial score (nSPS) is 13.7. The highest BCUT2D eigenvalue weighted by molar-refractivity contribution is 5.84.